The number of pyridine rings is 1. The third kappa shape index (κ3) is 3.64. The number of aromatic nitrogens is 1. The molecule has 0 unspecified atom stereocenters. The zero-order chi connectivity index (χ0) is 16.2. The summed E-state index contributed by atoms with van der Waals surface area (Å²) in [6, 6.07) is 9.59. The van der Waals surface area contributed by atoms with Gasteiger partial charge < -0.3 is 5.32 Å². The maximum atomic E-state index is 12.4. The summed E-state index contributed by atoms with van der Waals surface area (Å²) in [6.07, 6.45) is 1.59. The lowest BCUT2D eigenvalue weighted by Crippen LogP contribution is -2.23. The number of hydrogen-bond donors (Lipinski definition) is 1. The third-order valence-corrected chi connectivity index (χ3v) is 4.23. The van der Waals surface area contributed by atoms with Crippen LogP contribution in [0.3, 0.4) is 0 Å². The predicted molar refractivity (Wildman–Crippen MR) is 75.0 cm³/mol. The van der Waals surface area contributed by atoms with Gasteiger partial charge in [0.2, 0.25) is 9.84 Å². The summed E-state index contributed by atoms with van der Waals surface area (Å²) in [5, 5.41) is 2.60. The maximum Gasteiger partial charge on any atom is 0.341 e. The molecule has 0 aliphatic heterocycles. The summed E-state index contributed by atoms with van der Waals surface area (Å²) in [6.45, 7) is 0.205. The van der Waals surface area contributed by atoms with Gasteiger partial charge in [-0.3, -0.25) is 9.78 Å². The third-order valence-electron chi connectivity index (χ3n) is 2.84. The van der Waals surface area contributed by atoms with Crippen LogP contribution in [0.25, 0.3) is 0 Å². The summed E-state index contributed by atoms with van der Waals surface area (Å²) in [5.41, 5.74) is 0.830. The van der Waals surface area contributed by atoms with Crippen LogP contribution < -0.4 is 5.32 Å². The topological polar surface area (TPSA) is 76.1 Å². The molecule has 0 saturated carbocycles. The van der Waals surface area contributed by atoms with Crippen LogP contribution in [-0.2, 0) is 16.4 Å². The number of nitrogens with one attached hydrogen (secondary N) is 1. The van der Waals surface area contributed by atoms with E-state index in [4.69, 9.17) is 0 Å². The number of benzene rings is 1. The van der Waals surface area contributed by atoms with Crippen molar-refractivity contribution < 1.29 is 22.0 Å². The molecule has 116 valence electrons. The first-order valence-corrected chi connectivity index (χ1v) is 7.76. The van der Waals surface area contributed by atoms with Crippen LogP contribution in [-0.4, -0.2) is 25.1 Å². The highest BCUT2D eigenvalue weighted by Crippen LogP contribution is 2.18. The highest BCUT2D eigenvalue weighted by molar-refractivity contribution is 7.91. The van der Waals surface area contributed by atoms with E-state index in [0.29, 0.717) is 5.69 Å². The Balaban J connectivity index is 2.06. The number of rotatable bonds is 5. The van der Waals surface area contributed by atoms with Gasteiger partial charge >= 0.3 is 5.76 Å². The number of amides is 1. The van der Waals surface area contributed by atoms with E-state index in [2.05, 4.69) is 10.3 Å². The van der Waals surface area contributed by atoms with Gasteiger partial charge in [-0.2, -0.15) is 8.78 Å². The number of alkyl halides is 2. The van der Waals surface area contributed by atoms with Crippen LogP contribution in [0.15, 0.2) is 53.6 Å². The first kappa shape index (κ1) is 16.0. The SMILES string of the molecule is O=C(NCc1ccccn1)c1ccc(S(=O)(=O)C(F)F)cc1. The molecule has 0 aliphatic carbocycles. The first-order chi connectivity index (χ1) is 10.4. The minimum Gasteiger partial charge on any atom is -0.346 e. The first-order valence-electron chi connectivity index (χ1n) is 6.21. The van der Waals surface area contributed by atoms with E-state index in [9.17, 15) is 22.0 Å². The molecule has 0 atom stereocenters. The van der Waals surface area contributed by atoms with Gasteiger partial charge in [0, 0.05) is 11.8 Å². The van der Waals surface area contributed by atoms with Gasteiger partial charge in [0.05, 0.1) is 17.1 Å². The molecule has 8 heteroatoms. The van der Waals surface area contributed by atoms with Crippen molar-refractivity contribution in [2.24, 2.45) is 0 Å². The van der Waals surface area contributed by atoms with Crippen molar-refractivity contribution in [3.05, 3.63) is 59.9 Å². The standard InChI is InChI=1S/C14H12F2N2O3S/c15-14(16)22(20,21)12-6-4-10(5-7-12)13(19)18-9-11-3-1-2-8-17-11/h1-8,14H,9H2,(H,18,19). The Kier molecular flexibility index (Phi) is 4.81. The molecule has 0 saturated heterocycles. The molecule has 22 heavy (non-hydrogen) atoms. The molecular weight excluding hydrogens is 314 g/mol. The van der Waals surface area contributed by atoms with Crippen LogP contribution in [0.1, 0.15) is 16.1 Å². The summed E-state index contributed by atoms with van der Waals surface area (Å²) in [5.74, 6) is -3.94. The van der Waals surface area contributed by atoms with E-state index in [-0.39, 0.29) is 12.1 Å². The highest BCUT2D eigenvalue weighted by Gasteiger charge is 2.26. The summed E-state index contributed by atoms with van der Waals surface area (Å²) >= 11 is 0. The Morgan fingerprint density at radius 2 is 1.82 bits per heavy atom. The van der Waals surface area contributed by atoms with Gasteiger partial charge in [0.1, 0.15) is 0 Å². The molecule has 1 N–H and O–H groups in total. The van der Waals surface area contributed by atoms with Crippen LogP contribution in [0, 0.1) is 0 Å². The second-order valence-corrected chi connectivity index (χ2v) is 6.25. The molecule has 0 spiro atoms. The van der Waals surface area contributed by atoms with E-state index >= 15 is 0 Å². The fraction of sp³-hybridized carbons (Fsp3) is 0.143. The van der Waals surface area contributed by atoms with Crippen molar-refractivity contribution in [2.75, 3.05) is 0 Å². The zero-order valence-corrected chi connectivity index (χ0v) is 12.1. The minimum atomic E-state index is -4.65. The van der Waals surface area contributed by atoms with Crippen molar-refractivity contribution in [1.82, 2.24) is 10.3 Å². The van der Waals surface area contributed by atoms with Gasteiger partial charge in [0.15, 0.2) is 0 Å². The van der Waals surface area contributed by atoms with Crippen LogP contribution in [0.5, 0.6) is 0 Å². The van der Waals surface area contributed by atoms with Crippen molar-refractivity contribution in [3.63, 3.8) is 0 Å². The molecule has 5 nitrogen and oxygen atoms in total. The van der Waals surface area contributed by atoms with E-state index in [1.165, 1.54) is 12.1 Å². The lowest BCUT2D eigenvalue weighted by molar-refractivity contribution is 0.0950. The van der Waals surface area contributed by atoms with Crippen molar-refractivity contribution in [2.45, 2.75) is 17.2 Å². The summed E-state index contributed by atoms with van der Waals surface area (Å²) in [7, 11) is -4.65. The molecule has 2 aromatic rings. The molecule has 1 heterocycles. The molecule has 1 aromatic carbocycles. The predicted octanol–water partition coefficient (Wildman–Crippen LogP) is 2.01. The molecule has 0 aliphatic rings. The summed E-state index contributed by atoms with van der Waals surface area (Å²) < 4.78 is 47.3. The molecule has 1 amide bonds. The lowest BCUT2D eigenvalue weighted by Gasteiger charge is -2.06. The van der Waals surface area contributed by atoms with Crippen molar-refractivity contribution in [1.29, 1.82) is 0 Å². The van der Waals surface area contributed by atoms with E-state index in [1.54, 1.807) is 24.4 Å². The van der Waals surface area contributed by atoms with Crippen LogP contribution >= 0.6 is 0 Å². The number of sulfone groups is 1. The summed E-state index contributed by atoms with van der Waals surface area (Å²) in [4.78, 5) is 15.4. The average molecular weight is 326 g/mol. The van der Waals surface area contributed by atoms with E-state index < -0.39 is 26.4 Å². The molecule has 0 bridgehead atoms. The average Bonchev–Trinajstić information content (AvgIpc) is 2.53. The van der Waals surface area contributed by atoms with Gasteiger partial charge in [-0.25, -0.2) is 8.42 Å². The zero-order valence-electron chi connectivity index (χ0n) is 11.2. The van der Waals surface area contributed by atoms with Crippen molar-refractivity contribution >= 4 is 15.7 Å². The second kappa shape index (κ2) is 6.61. The Hall–Kier alpha value is -2.35. The molecule has 2 rings (SSSR count). The second-order valence-electron chi connectivity index (χ2n) is 4.33. The van der Waals surface area contributed by atoms with Gasteiger partial charge in [-0.15, -0.1) is 0 Å². The quantitative estimate of drug-likeness (QED) is 0.912. The highest BCUT2D eigenvalue weighted by atomic mass is 32.2. The van der Waals surface area contributed by atoms with E-state index in [1.807, 2.05) is 0 Å². The molecule has 1 aromatic heterocycles. The number of nitrogens with zero attached hydrogens (tertiary/aromatic N) is 1. The van der Waals surface area contributed by atoms with Crippen LogP contribution in [0.2, 0.25) is 0 Å². The normalized spacial score (nSPS) is 11.4. The smallest absolute Gasteiger partial charge is 0.341 e. The van der Waals surface area contributed by atoms with Gasteiger partial charge in [-0.05, 0) is 36.4 Å². The van der Waals surface area contributed by atoms with E-state index in [0.717, 1.165) is 12.1 Å². The van der Waals surface area contributed by atoms with Crippen LogP contribution in [0.4, 0.5) is 8.78 Å². The maximum absolute atomic E-state index is 12.4. The Bertz CT molecular complexity index is 747. The Morgan fingerprint density at radius 3 is 2.36 bits per heavy atom. The monoisotopic (exact) mass is 326 g/mol. The van der Waals surface area contributed by atoms with Crippen molar-refractivity contribution in [3.8, 4) is 0 Å². The number of hydrogen-bond acceptors (Lipinski definition) is 4. The van der Waals surface area contributed by atoms with Gasteiger partial charge in [-0.1, -0.05) is 6.07 Å². The number of carbonyl (C=O) groups excluding carboxylic acids is 1. The largest absolute Gasteiger partial charge is 0.346 e. The fourth-order valence-corrected chi connectivity index (χ4v) is 2.40. The molecular formula is C14H12F2N2O3S. The lowest BCUT2D eigenvalue weighted by atomic mass is 10.2. The fourth-order valence-electron chi connectivity index (χ4n) is 1.67. The minimum absolute atomic E-state index is 0.171. The Morgan fingerprint density at radius 1 is 1.14 bits per heavy atom. The number of halogens is 2. The molecule has 0 fully saturated rings. The van der Waals surface area contributed by atoms with Gasteiger partial charge in [0.25, 0.3) is 5.91 Å². The Labute approximate surface area is 125 Å². The number of carbonyl (C=O) groups is 1. The molecule has 0 radical (unpaired) electrons.